The highest BCUT2D eigenvalue weighted by molar-refractivity contribution is 9.10. The van der Waals surface area contributed by atoms with E-state index in [1.165, 1.54) is 11.1 Å². The van der Waals surface area contributed by atoms with Crippen LogP contribution >= 0.6 is 27.5 Å². The van der Waals surface area contributed by atoms with Gasteiger partial charge in [-0.15, -0.1) is 0 Å². The highest BCUT2D eigenvalue weighted by atomic mass is 79.9. The summed E-state index contributed by atoms with van der Waals surface area (Å²) in [5, 5.41) is 3.99. The Morgan fingerprint density at radius 3 is 2.57 bits per heavy atom. The van der Waals surface area contributed by atoms with Crippen molar-refractivity contribution < 1.29 is 4.74 Å². The molecule has 112 valence electrons. The number of benzene rings is 2. The molecule has 2 rings (SSSR count). The van der Waals surface area contributed by atoms with Crippen molar-refractivity contribution in [2.45, 2.75) is 33.4 Å². The van der Waals surface area contributed by atoms with Crippen LogP contribution in [0.25, 0.3) is 0 Å². The first kappa shape index (κ1) is 16.2. The molecule has 0 saturated carbocycles. The molecular formula is C17H19BrClNO. The summed E-state index contributed by atoms with van der Waals surface area (Å²) in [5.41, 5.74) is 3.42. The summed E-state index contributed by atoms with van der Waals surface area (Å²) in [7, 11) is 0. The lowest BCUT2D eigenvalue weighted by Crippen LogP contribution is -2.06. The largest absolute Gasteiger partial charge is 0.489 e. The third kappa shape index (κ3) is 4.65. The molecule has 0 bridgehead atoms. The Balaban J connectivity index is 2.05. The first-order chi connectivity index (χ1) is 9.95. The molecule has 0 saturated heterocycles. The summed E-state index contributed by atoms with van der Waals surface area (Å²) in [6.07, 6.45) is 0.116. The van der Waals surface area contributed by atoms with Gasteiger partial charge in [0, 0.05) is 16.7 Å². The van der Waals surface area contributed by atoms with E-state index < -0.39 is 0 Å². The number of ether oxygens (including phenoxy) is 1. The first-order valence-electron chi connectivity index (χ1n) is 6.91. The number of hydrogen-bond donors (Lipinski definition) is 1. The van der Waals surface area contributed by atoms with Crippen molar-refractivity contribution in [1.82, 2.24) is 0 Å². The van der Waals surface area contributed by atoms with E-state index in [4.69, 9.17) is 16.3 Å². The fraction of sp³-hybridized carbons (Fsp3) is 0.294. The fourth-order valence-electron chi connectivity index (χ4n) is 1.95. The second-order valence-electron chi connectivity index (χ2n) is 5.26. The van der Waals surface area contributed by atoms with Crippen molar-refractivity contribution in [3.05, 3.63) is 57.0 Å². The molecule has 21 heavy (non-hydrogen) atoms. The van der Waals surface area contributed by atoms with Gasteiger partial charge in [-0.1, -0.05) is 39.7 Å². The van der Waals surface area contributed by atoms with Gasteiger partial charge in [-0.2, -0.15) is 0 Å². The van der Waals surface area contributed by atoms with Crippen LogP contribution in [0.4, 0.5) is 5.69 Å². The highest BCUT2D eigenvalue weighted by Gasteiger charge is 2.06. The topological polar surface area (TPSA) is 21.3 Å². The second kappa shape index (κ2) is 7.19. The molecule has 2 aromatic carbocycles. The van der Waals surface area contributed by atoms with Crippen molar-refractivity contribution in [1.29, 1.82) is 0 Å². The van der Waals surface area contributed by atoms with Gasteiger partial charge in [-0.05, 0) is 56.2 Å². The van der Waals surface area contributed by atoms with Crippen LogP contribution in [0.1, 0.15) is 25.0 Å². The van der Waals surface area contributed by atoms with E-state index in [-0.39, 0.29) is 6.10 Å². The molecule has 0 radical (unpaired) electrons. The smallest absolute Gasteiger partial charge is 0.138 e. The van der Waals surface area contributed by atoms with E-state index in [0.717, 1.165) is 16.7 Å². The summed E-state index contributed by atoms with van der Waals surface area (Å²) < 4.78 is 6.74. The summed E-state index contributed by atoms with van der Waals surface area (Å²) >= 11 is 9.82. The minimum atomic E-state index is 0.116. The summed E-state index contributed by atoms with van der Waals surface area (Å²) in [4.78, 5) is 0. The van der Waals surface area contributed by atoms with E-state index in [0.29, 0.717) is 10.8 Å². The average Bonchev–Trinajstić information content (AvgIpc) is 2.40. The average molecular weight is 369 g/mol. The summed E-state index contributed by atoms with van der Waals surface area (Å²) in [6.45, 7) is 6.78. The number of rotatable bonds is 5. The lowest BCUT2D eigenvalue weighted by molar-refractivity contribution is 0.242. The lowest BCUT2D eigenvalue weighted by atomic mass is 10.1. The van der Waals surface area contributed by atoms with Crippen molar-refractivity contribution >= 4 is 33.2 Å². The van der Waals surface area contributed by atoms with Crippen LogP contribution in [0.3, 0.4) is 0 Å². The Morgan fingerprint density at radius 1 is 1.19 bits per heavy atom. The molecule has 2 nitrogen and oxygen atoms in total. The Kier molecular flexibility index (Phi) is 5.54. The zero-order valence-electron chi connectivity index (χ0n) is 12.4. The molecule has 0 heterocycles. The molecule has 0 aliphatic rings. The fourth-order valence-corrected chi connectivity index (χ4v) is 2.81. The zero-order chi connectivity index (χ0) is 15.4. The standard InChI is InChI=1S/C17H19BrClNO/c1-11(2)21-17-7-6-14(9-16(17)19)20-10-13-5-4-12(3)8-15(13)18/h4-9,11,20H,10H2,1-3H3. The van der Waals surface area contributed by atoms with E-state index in [9.17, 15) is 0 Å². The van der Waals surface area contributed by atoms with Crippen LogP contribution in [0.15, 0.2) is 40.9 Å². The molecule has 0 amide bonds. The molecular weight excluding hydrogens is 350 g/mol. The predicted octanol–water partition coefficient (Wildman–Crippen LogP) is 5.81. The van der Waals surface area contributed by atoms with Crippen molar-refractivity contribution in [2.75, 3.05) is 5.32 Å². The second-order valence-corrected chi connectivity index (χ2v) is 6.52. The molecule has 0 aromatic heterocycles. The minimum absolute atomic E-state index is 0.116. The predicted molar refractivity (Wildman–Crippen MR) is 93.4 cm³/mol. The van der Waals surface area contributed by atoms with Gasteiger partial charge in [0.25, 0.3) is 0 Å². The van der Waals surface area contributed by atoms with Gasteiger partial charge in [-0.3, -0.25) is 0 Å². The number of halogens is 2. The van der Waals surface area contributed by atoms with E-state index >= 15 is 0 Å². The lowest BCUT2D eigenvalue weighted by Gasteiger charge is -2.13. The Bertz CT molecular complexity index is 628. The quantitative estimate of drug-likeness (QED) is 0.719. The van der Waals surface area contributed by atoms with Gasteiger partial charge in [0.1, 0.15) is 5.75 Å². The third-order valence-corrected chi connectivity index (χ3v) is 4.02. The Hall–Kier alpha value is -1.19. The Morgan fingerprint density at radius 2 is 1.95 bits per heavy atom. The number of aryl methyl sites for hydroxylation is 1. The first-order valence-corrected chi connectivity index (χ1v) is 8.08. The maximum Gasteiger partial charge on any atom is 0.138 e. The molecule has 0 atom stereocenters. The Labute approximate surface area is 139 Å². The van der Waals surface area contributed by atoms with Gasteiger partial charge in [0.15, 0.2) is 0 Å². The molecule has 0 unspecified atom stereocenters. The number of anilines is 1. The van der Waals surface area contributed by atoms with Crippen molar-refractivity contribution in [2.24, 2.45) is 0 Å². The SMILES string of the molecule is Cc1ccc(CNc2ccc(OC(C)C)c(Cl)c2)c(Br)c1. The monoisotopic (exact) mass is 367 g/mol. The van der Waals surface area contributed by atoms with Gasteiger partial charge in [-0.25, -0.2) is 0 Å². The van der Waals surface area contributed by atoms with E-state index in [1.54, 1.807) is 0 Å². The highest BCUT2D eigenvalue weighted by Crippen LogP contribution is 2.29. The number of nitrogens with one attached hydrogen (secondary N) is 1. The third-order valence-electron chi connectivity index (χ3n) is 2.99. The van der Waals surface area contributed by atoms with Gasteiger partial charge in [0.05, 0.1) is 11.1 Å². The van der Waals surface area contributed by atoms with Crippen LogP contribution in [-0.2, 0) is 6.54 Å². The summed E-state index contributed by atoms with van der Waals surface area (Å²) in [5.74, 6) is 0.716. The molecule has 0 aliphatic heterocycles. The molecule has 0 fully saturated rings. The zero-order valence-corrected chi connectivity index (χ0v) is 14.8. The van der Waals surface area contributed by atoms with Crippen LogP contribution < -0.4 is 10.1 Å². The normalized spacial score (nSPS) is 10.8. The molecule has 4 heteroatoms. The maximum absolute atomic E-state index is 6.23. The number of hydrogen-bond acceptors (Lipinski definition) is 2. The molecule has 0 aliphatic carbocycles. The van der Waals surface area contributed by atoms with Crippen LogP contribution in [0.5, 0.6) is 5.75 Å². The van der Waals surface area contributed by atoms with E-state index in [2.05, 4.69) is 46.4 Å². The van der Waals surface area contributed by atoms with E-state index in [1.807, 2.05) is 32.0 Å². The van der Waals surface area contributed by atoms with Crippen LogP contribution in [0, 0.1) is 6.92 Å². The maximum atomic E-state index is 6.23. The van der Waals surface area contributed by atoms with Gasteiger partial charge in [0.2, 0.25) is 0 Å². The van der Waals surface area contributed by atoms with Gasteiger partial charge >= 0.3 is 0 Å². The minimum Gasteiger partial charge on any atom is -0.489 e. The van der Waals surface area contributed by atoms with Crippen LogP contribution in [-0.4, -0.2) is 6.10 Å². The van der Waals surface area contributed by atoms with Crippen molar-refractivity contribution in [3.8, 4) is 5.75 Å². The van der Waals surface area contributed by atoms with Crippen molar-refractivity contribution in [3.63, 3.8) is 0 Å². The molecule has 0 spiro atoms. The molecule has 2 aromatic rings. The summed E-state index contributed by atoms with van der Waals surface area (Å²) in [6, 6.07) is 12.1. The molecule has 1 N–H and O–H groups in total. The van der Waals surface area contributed by atoms with Crippen LogP contribution in [0.2, 0.25) is 5.02 Å². The van der Waals surface area contributed by atoms with Gasteiger partial charge < -0.3 is 10.1 Å².